The second-order valence-corrected chi connectivity index (χ2v) is 4.65. The first-order valence-corrected chi connectivity index (χ1v) is 6.03. The molecule has 0 heterocycles. The maximum atomic E-state index is 12.4. The van der Waals surface area contributed by atoms with Crippen LogP contribution in [0.1, 0.15) is 32.1 Å². The van der Waals surface area contributed by atoms with E-state index in [0.717, 1.165) is 19.3 Å². The van der Waals surface area contributed by atoms with Crippen LogP contribution in [0.25, 0.3) is 0 Å². The number of hydrogen-bond acceptors (Lipinski definition) is 3. The summed E-state index contributed by atoms with van der Waals surface area (Å²) in [4.78, 5) is 10.5. The lowest BCUT2D eigenvalue weighted by Gasteiger charge is -2.24. The molecule has 106 valence electrons. The molecule has 0 saturated heterocycles. The average Bonchev–Trinajstić information content (AvgIpc) is 2.42. The second-order valence-electron chi connectivity index (χ2n) is 4.65. The SMILES string of the molecule is O=C(O)C(CNC1CCCCCC1O)C(F)(F)F. The monoisotopic (exact) mass is 269 g/mol. The molecule has 1 rings (SSSR count). The van der Waals surface area contributed by atoms with E-state index in [2.05, 4.69) is 5.32 Å². The van der Waals surface area contributed by atoms with Crippen LogP contribution >= 0.6 is 0 Å². The van der Waals surface area contributed by atoms with Gasteiger partial charge in [-0.25, -0.2) is 0 Å². The lowest BCUT2D eigenvalue weighted by atomic mass is 10.0. The largest absolute Gasteiger partial charge is 0.481 e. The third-order valence-corrected chi connectivity index (χ3v) is 3.26. The summed E-state index contributed by atoms with van der Waals surface area (Å²) in [6.07, 6.45) is -1.73. The highest BCUT2D eigenvalue weighted by Crippen LogP contribution is 2.26. The van der Waals surface area contributed by atoms with Crippen molar-refractivity contribution in [2.24, 2.45) is 5.92 Å². The van der Waals surface area contributed by atoms with Crippen molar-refractivity contribution in [3.05, 3.63) is 0 Å². The lowest BCUT2D eigenvalue weighted by Crippen LogP contribution is -2.46. The fourth-order valence-corrected chi connectivity index (χ4v) is 2.14. The Morgan fingerprint density at radius 2 is 1.89 bits per heavy atom. The van der Waals surface area contributed by atoms with E-state index in [1.54, 1.807) is 0 Å². The third kappa shape index (κ3) is 4.45. The number of halogens is 3. The van der Waals surface area contributed by atoms with Gasteiger partial charge in [-0.1, -0.05) is 19.3 Å². The van der Waals surface area contributed by atoms with Crippen LogP contribution < -0.4 is 5.32 Å². The first-order valence-electron chi connectivity index (χ1n) is 6.03. The predicted octanol–water partition coefficient (Wildman–Crippen LogP) is 1.53. The summed E-state index contributed by atoms with van der Waals surface area (Å²) in [5, 5.41) is 20.8. The molecule has 3 N–H and O–H groups in total. The number of carboxylic acid groups (broad SMARTS) is 1. The molecule has 0 bridgehead atoms. The molecule has 3 unspecified atom stereocenters. The van der Waals surface area contributed by atoms with E-state index in [1.165, 1.54) is 0 Å². The molecule has 3 atom stereocenters. The molecule has 1 saturated carbocycles. The number of rotatable bonds is 4. The molecule has 0 aromatic heterocycles. The summed E-state index contributed by atoms with van der Waals surface area (Å²) >= 11 is 0. The smallest absolute Gasteiger partial charge is 0.403 e. The minimum Gasteiger partial charge on any atom is -0.481 e. The molecule has 4 nitrogen and oxygen atoms in total. The quantitative estimate of drug-likeness (QED) is 0.677. The maximum absolute atomic E-state index is 12.4. The minimum absolute atomic E-state index is 0.447. The van der Waals surface area contributed by atoms with Gasteiger partial charge in [-0.15, -0.1) is 0 Å². The van der Waals surface area contributed by atoms with Gasteiger partial charge in [-0.2, -0.15) is 13.2 Å². The molecular formula is C11H18F3NO3. The highest BCUT2D eigenvalue weighted by atomic mass is 19.4. The molecule has 0 radical (unpaired) electrons. The first kappa shape index (κ1) is 15.2. The maximum Gasteiger partial charge on any atom is 0.403 e. The molecule has 1 aliphatic rings. The molecule has 0 amide bonds. The van der Waals surface area contributed by atoms with E-state index in [4.69, 9.17) is 5.11 Å². The van der Waals surface area contributed by atoms with Crippen LogP contribution in [0.4, 0.5) is 13.2 Å². The number of aliphatic carboxylic acids is 1. The topological polar surface area (TPSA) is 69.6 Å². The summed E-state index contributed by atoms with van der Waals surface area (Å²) < 4.78 is 37.3. The highest BCUT2D eigenvalue weighted by molar-refractivity contribution is 5.71. The van der Waals surface area contributed by atoms with Crippen molar-refractivity contribution >= 4 is 5.97 Å². The summed E-state index contributed by atoms with van der Waals surface area (Å²) in [6, 6.07) is -0.447. The van der Waals surface area contributed by atoms with Crippen molar-refractivity contribution < 1.29 is 28.2 Å². The van der Waals surface area contributed by atoms with E-state index in [-0.39, 0.29) is 0 Å². The van der Waals surface area contributed by atoms with Crippen LogP contribution in [-0.4, -0.2) is 41.0 Å². The van der Waals surface area contributed by atoms with Gasteiger partial charge in [0.2, 0.25) is 0 Å². The van der Waals surface area contributed by atoms with Crippen LogP contribution in [-0.2, 0) is 4.79 Å². The molecular weight excluding hydrogens is 251 g/mol. The van der Waals surface area contributed by atoms with Crippen LogP contribution in [0.2, 0.25) is 0 Å². The number of nitrogens with one attached hydrogen (secondary N) is 1. The number of carbonyl (C=O) groups is 1. The second kappa shape index (κ2) is 6.38. The Labute approximate surface area is 103 Å². The Hall–Kier alpha value is -0.820. The fourth-order valence-electron chi connectivity index (χ4n) is 2.14. The third-order valence-electron chi connectivity index (χ3n) is 3.26. The highest BCUT2D eigenvalue weighted by Gasteiger charge is 2.45. The van der Waals surface area contributed by atoms with E-state index >= 15 is 0 Å². The molecule has 0 aliphatic heterocycles. The molecule has 0 aromatic carbocycles. The van der Waals surface area contributed by atoms with Gasteiger partial charge in [0, 0.05) is 12.6 Å². The van der Waals surface area contributed by atoms with E-state index in [1.807, 2.05) is 0 Å². The Balaban J connectivity index is 2.53. The van der Waals surface area contributed by atoms with Gasteiger partial charge in [-0.3, -0.25) is 4.79 Å². The zero-order chi connectivity index (χ0) is 13.8. The zero-order valence-corrected chi connectivity index (χ0v) is 9.91. The van der Waals surface area contributed by atoms with E-state index in [9.17, 15) is 23.1 Å². The fraction of sp³-hybridized carbons (Fsp3) is 0.909. The summed E-state index contributed by atoms with van der Waals surface area (Å²) in [5.74, 6) is -4.31. The Morgan fingerprint density at radius 3 is 2.44 bits per heavy atom. The number of aliphatic hydroxyl groups is 1. The zero-order valence-electron chi connectivity index (χ0n) is 9.91. The van der Waals surface area contributed by atoms with Crippen LogP contribution in [0, 0.1) is 5.92 Å². The van der Waals surface area contributed by atoms with Crippen molar-refractivity contribution in [1.82, 2.24) is 5.32 Å². The Bertz CT molecular complexity index is 283. The van der Waals surface area contributed by atoms with Gasteiger partial charge in [0.15, 0.2) is 5.92 Å². The van der Waals surface area contributed by atoms with Crippen LogP contribution in [0.3, 0.4) is 0 Å². The standard InChI is InChI=1S/C11H18F3NO3/c12-11(13,14)7(10(17)18)6-15-8-4-2-1-3-5-9(8)16/h7-9,15-16H,1-6H2,(H,17,18). The number of carboxylic acids is 1. The summed E-state index contributed by atoms with van der Waals surface area (Å²) in [6.45, 7) is -0.694. The number of aliphatic hydroxyl groups excluding tert-OH is 1. The van der Waals surface area contributed by atoms with Gasteiger partial charge in [-0.05, 0) is 12.8 Å². The molecule has 7 heteroatoms. The Kier molecular flexibility index (Phi) is 5.40. The predicted molar refractivity (Wildman–Crippen MR) is 58.1 cm³/mol. The first-order chi connectivity index (χ1) is 8.32. The molecule has 18 heavy (non-hydrogen) atoms. The van der Waals surface area contributed by atoms with E-state index < -0.39 is 36.8 Å². The van der Waals surface area contributed by atoms with Crippen molar-refractivity contribution in [1.29, 1.82) is 0 Å². The van der Waals surface area contributed by atoms with Crippen molar-refractivity contribution in [2.45, 2.75) is 50.4 Å². The van der Waals surface area contributed by atoms with Crippen molar-refractivity contribution in [3.63, 3.8) is 0 Å². The van der Waals surface area contributed by atoms with E-state index in [0.29, 0.717) is 12.8 Å². The summed E-state index contributed by atoms with van der Waals surface area (Å²) in [7, 11) is 0. The normalized spacial score (nSPS) is 27.6. The van der Waals surface area contributed by atoms with Crippen LogP contribution in [0.5, 0.6) is 0 Å². The molecule has 0 aromatic rings. The van der Waals surface area contributed by atoms with Gasteiger partial charge < -0.3 is 15.5 Å². The molecule has 1 aliphatic carbocycles. The molecule has 0 spiro atoms. The van der Waals surface area contributed by atoms with Crippen molar-refractivity contribution in [2.75, 3.05) is 6.54 Å². The number of alkyl halides is 3. The van der Waals surface area contributed by atoms with Crippen molar-refractivity contribution in [3.8, 4) is 0 Å². The van der Waals surface area contributed by atoms with Crippen LogP contribution in [0.15, 0.2) is 0 Å². The average molecular weight is 269 g/mol. The van der Waals surface area contributed by atoms with Gasteiger partial charge >= 0.3 is 12.1 Å². The lowest BCUT2D eigenvalue weighted by molar-refractivity contribution is -0.192. The van der Waals surface area contributed by atoms with Gasteiger partial charge in [0.25, 0.3) is 0 Å². The molecule has 1 fully saturated rings. The Morgan fingerprint density at radius 1 is 1.28 bits per heavy atom. The minimum atomic E-state index is -4.77. The number of hydrogen-bond donors (Lipinski definition) is 3. The summed E-state index contributed by atoms with van der Waals surface area (Å²) in [5.41, 5.74) is 0. The van der Waals surface area contributed by atoms with Gasteiger partial charge in [0.05, 0.1) is 6.10 Å². The van der Waals surface area contributed by atoms with Gasteiger partial charge in [0.1, 0.15) is 0 Å².